The van der Waals surface area contributed by atoms with Gasteiger partial charge in [0.05, 0.1) is 33.8 Å². The van der Waals surface area contributed by atoms with Crippen LogP contribution in [0, 0.1) is 5.92 Å². The molecule has 0 atom stereocenters. The standard InChI is InChI=1S/C24H33ClN6O/c25-19-13-28-21(24(27)7-3-17(26)4-8-24)11-18(19)20-14-29-22(16-1-2-16)23(31-20)30-12-15-5-9-32-10-6-15/h11,13-17H,1-10,12,26-27H2,(H,30,31). The predicted molar refractivity (Wildman–Crippen MR) is 127 cm³/mol. The molecule has 0 radical (unpaired) electrons. The Labute approximate surface area is 194 Å². The number of aromatic nitrogens is 3. The third kappa shape index (κ3) is 4.76. The number of ether oxygens (including phenoxy) is 1. The van der Waals surface area contributed by atoms with E-state index in [2.05, 4.69) is 10.3 Å². The van der Waals surface area contributed by atoms with Crippen molar-refractivity contribution >= 4 is 17.4 Å². The Kier molecular flexibility index (Phi) is 6.34. The second-order valence-corrected chi connectivity index (χ2v) is 10.2. The van der Waals surface area contributed by atoms with Crippen LogP contribution in [0.3, 0.4) is 0 Å². The Bertz CT molecular complexity index is 952. The third-order valence-corrected chi connectivity index (χ3v) is 7.53. The summed E-state index contributed by atoms with van der Waals surface area (Å²) in [6, 6.07) is 2.23. The van der Waals surface area contributed by atoms with Crippen molar-refractivity contribution in [2.75, 3.05) is 25.1 Å². The highest BCUT2D eigenvalue weighted by atomic mass is 35.5. The summed E-state index contributed by atoms with van der Waals surface area (Å²) in [4.78, 5) is 14.4. The van der Waals surface area contributed by atoms with Crippen molar-refractivity contribution in [1.29, 1.82) is 0 Å². The van der Waals surface area contributed by atoms with Gasteiger partial charge in [0, 0.05) is 43.5 Å². The van der Waals surface area contributed by atoms with Crippen LogP contribution < -0.4 is 16.8 Å². The van der Waals surface area contributed by atoms with Gasteiger partial charge in [-0.1, -0.05) is 11.6 Å². The molecule has 1 aliphatic heterocycles. The molecule has 5 rings (SSSR count). The molecule has 0 spiro atoms. The molecule has 0 unspecified atom stereocenters. The lowest BCUT2D eigenvalue weighted by molar-refractivity contribution is 0.0699. The Morgan fingerprint density at radius 3 is 2.53 bits per heavy atom. The van der Waals surface area contributed by atoms with Gasteiger partial charge in [0.15, 0.2) is 0 Å². The van der Waals surface area contributed by atoms with E-state index in [9.17, 15) is 0 Å². The zero-order valence-electron chi connectivity index (χ0n) is 18.5. The largest absolute Gasteiger partial charge is 0.381 e. The number of hydrogen-bond donors (Lipinski definition) is 3. The van der Waals surface area contributed by atoms with Crippen molar-refractivity contribution in [3.05, 3.63) is 34.9 Å². The van der Waals surface area contributed by atoms with Gasteiger partial charge in [0.2, 0.25) is 0 Å². The Balaban J connectivity index is 1.42. The van der Waals surface area contributed by atoms with E-state index in [1.54, 1.807) is 6.20 Å². The average molecular weight is 457 g/mol. The van der Waals surface area contributed by atoms with Crippen molar-refractivity contribution in [2.24, 2.45) is 17.4 Å². The van der Waals surface area contributed by atoms with Crippen LogP contribution >= 0.6 is 11.6 Å². The summed E-state index contributed by atoms with van der Waals surface area (Å²) in [6.07, 6.45) is 11.5. The van der Waals surface area contributed by atoms with Crippen LogP contribution in [0.5, 0.6) is 0 Å². The molecule has 0 amide bonds. The van der Waals surface area contributed by atoms with E-state index in [0.717, 1.165) is 86.7 Å². The zero-order chi connectivity index (χ0) is 22.1. The zero-order valence-corrected chi connectivity index (χ0v) is 19.3. The minimum absolute atomic E-state index is 0.226. The van der Waals surface area contributed by atoms with E-state index >= 15 is 0 Å². The van der Waals surface area contributed by atoms with E-state index in [1.807, 2.05) is 12.3 Å². The predicted octanol–water partition coefficient (Wildman–Crippen LogP) is 3.96. The van der Waals surface area contributed by atoms with E-state index in [-0.39, 0.29) is 6.04 Å². The number of nitrogens with two attached hydrogens (primary N) is 2. The van der Waals surface area contributed by atoms with Crippen LogP contribution in [0.25, 0.3) is 11.3 Å². The van der Waals surface area contributed by atoms with E-state index in [1.165, 1.54) is 12.8 Å². The molecule has 2 aliphatic carbocycles. The average Bonchev–Trinajstić information content (AvgIpc) is 3.66. The third-order valence-electron chi connectivity index (χ3n) is 7.23. The Hall–Kier alpha value is -1.80. The maximum absolute atomic E-state index is 6.75. The second kappa shape index (κ2) is 9.21. The molecule has 8 heteroatoms. The molecule has 3 heterocycles. The second-order valence-electron chi connectivity index (χ2n) is 9.74. The number of anilines is 1. The number of halogens is 1. The molecule has 5 N–H and O–H groups in total. The van der Waals surface area contributed by atoms with E-state index in [4.69, 9.17) is 37.8 Å². The van der Waals surface area contributed by atoms with E-state index < -0.39 is 5.54 Å². The summed E-state index contributed by atoms with van der Waals surface area (Å²) in [5.41, 5.74) is 15.9. The maximum Gasteiger partial charge on any atom is 0.148 e. The van der Waals surface area contributed by atoms with Crippen molar-refractivity contribution in [2.45, 2.75) is 68.9 Å². The lowest BCUT2D eigenvalue weighted by atomic mass is 9.78. The lowest BCUT2D eigenvalue weighted by Crippen LogP contribution is -2.44. The summed E-state index contributed by atoms with van der Waals surface area (Å²) in [6.45, 7) is 2.58. The molecule has 172 valence electrons. The molecular weight excluding hydrogens is 424 g/mol. The highest BCUT2D eigenvalue weighted by Crippen LogP contribution is 2.43. The molecule has 7 nitrogen and oxygen atoms in total. The summed E-state index contributed by atoms with van der Waals surface area (Å²) < 4.78 is 5.50. The molecule has 2 saturated carbocycles. The van der Waals surface area contributed by atoms with Gasteiger partial charge in [-0.15, -0.1) is 0 Å². The van der Waals surface area contributed by atoms with Gasteiger partial charge in [0.25, 0.3) is 0 Å². The number of pyridine rings is 1. The van der Waals surface area contributed by atoms with Crippen molar-refractivity contribution in [3.8, 4) is 11.3 Å². The van der Waals surface area contributed by atoms with Crippen molar-refractivity contribution in [3.63, 3.8) is 0 Å². The molecule has 3 aliphatic rings. The van der Waals surface area contributed by atoms with Crippen LogP contribution in [-0.2, 0) is 10.3 Å². The highest BCUT2D eigenvalue weighted by molar-refractivity contribution is 6.33. The quantitative estimate of drug-likeness (QED) is 0.602. The monoisotopic (exact) mass is 456 g/mol. The minimum Gasteiger partial charge on any atom is -0.381 e. The molecule has 0 aromatic carbocycles. The fourth-order valence-corrected chi connectivity index (χ4v) is 5.02. The minimum atomic E-state index is -0.472. The normalized spacial score (nSPS) is 26.8. The maximum atomic E-state index is 6.75. The van der Waals surface area contributed by atoms with Crippen molar-refractivity contribution < 1.29 is 4.74 Å². The summed E-state index contributed by atoms with van der Waals surface area (Å²) >= 11 is 6.58. The first-order valence-electron chi connectivity index (χ1n) is 11.9. The van der Waals surface area contributed by atoms with Gasteiger partial charge in [-0.3, -0.25) is 9.97 Å². The fourth-order valence-electron chi connectivity index (χ4n) is 4.82. The van der Waals surface area contributed by atoms with Gasteiger partial charge < -0.3 is 21.5 Å². The van der Waals surface area contributed by atoms with Crippen molar-refractivity contribution in [1.82, 2.24) is 15.0 Å². The molecule has 1 saturated heterocycles. The smallest absolute Gasteiger partial charge is 0.148 e. The molecule has 0 bridgehead atoms. The van der Waals surface area contributed by atoms with Gasteiger partial charge in [-0.25, -0.2) is 4.98 Å². The van der Waals surface area contributed by atoms with Gasteiger partial charge >= 0.3 is 0 Å². The first kappa shape index (κ1) is 22.0. The topological polar surface area (TPSA) is 112 Å². The molecule has 3 fully saturated rings. The molecular formula is C24H33ClN6O. The van der Waals surface area contributed by atoms with E-state index in [0.29, 0.717) is 16.9 Å². The van der Waals surface area contributed by atoms with Gasteiger partial charge in [-0.05, 0) is 63.4 Å². The Morgan fingerprint density at radius 1 is 1.06 bits per heavy atom. The number of rotatable bonds is 6. The van der Waals surface area contributed by atoms with Crippen LogP contribution in [0.4, 0.5) is 5.82 Å². The summed E-state index contributed by atoms with van der Waals surface area (Å²) in [5, 5.41) is 4.16. The van der Waals surface area contributed by atoms with Crippen LogP contribution in [-0.4, -0.2) is 40.8 Å². The first-order valence-corrected chi connectivity index (χ1v) is 12.3. The Morgan fingerprint density at radius 2 is 1.81 bits per heavy atom. The SMILES string of the molecule is NC1CCC(N)(c2cc(-c3cnc(C4CC4)c(NCC4CCOCC4)n3)c(Cl)cn2)CC1. The van der Waals surface area contributed by atoms with Gasteiger partial charge in [0.1, 0.15) is 5.82 Å². The van der Waals surface area contributed by atoms with Crippen LogP contribution in [0.15, 0.2) is 18.5 Å². The van der Waals surface area contributed by atoms with Crippen LogP contribution in [0.2, 0.25) is 5.02 Å². The van der Waals surface area contributed by atoms with Crippen LogP contribution in [0.1, 0.15) is 68.7 Å². The summed E-state index contributed by atoms with van der Waals surface area (Å²) in [5.74, 6) is 2.00. The first-order chi connectivity index (χ1) is 15.5. The molecule has 2 aromatic heterocycles. The summed E-state index contributed by atoms with van der Waals surface area (Å²) in [7, 11) is 0. The lowest BCUT2D eigenvalue weighted by Gasteiger charge is -2.35. The number of nitrogens with one attached hydrogen (secondary N) is 1. The number of hydrogen-bond acceptors (Lipinski definition) is 7. The highest BCUT2D eigenvalue weighted by Gasteiger charge is 2.34. The molecule has 2 aromatic rings. The fraction of sp³-hybridized carbons (Fsp3) is 0.625. The molecule has 32 heavy (non-hydrogen) atoms. The van der Waals surface area contributed by atoms with Gasteiger partial charge in [-0.2, -0.15) is 0 Å². The number of nitrogens with zero attached hydrogens (tertiary/aromatic N) is 3.